The lowest BCUT2D eigenvalue weighted by atomic mass is 10.1. The van der Waals surface area contributed by atoms with Crippen molar-refractivity contribution in [2.75, 3.05) is 0 Å². The Morgan fingerprint density at radius 3 is 2.50 bits per heavy atom. The topological polar surface area (TPSA) is 79.5 Å². The fraction of sp³-hybridized carbons (Fsp3) is 0.0417. The average Bonchev–Trinajstić information content (AvgIpc) is 3.37. The predicted molar refractivity (Wildman–Crippen MR) is 115 cm³/mol. The number of nitrogens with zero attached hydrogens (tertiary/aromatic N) is 4. The summed E-state index contributed by atoms with van der Waals surface area (Å²) in [4.78, 5) is 8.00. The van der Waals surface area contributed by atoms with Crippen LogP contribution in [0.3, 0.4) is 0 Å². The molecular formula is C24H17N5O. The summed E-state index contributed by atoms with van der Waals surface area (Å²) in [6, 6.07) is 25.1. The van der Waals surface area contributed by atoms with Crippen molar-refractivity contribution in [2.24, 2.45) is 7.05 Å². The van der Waals surface area contributed by atoms with Crippen LogP contribution in [0.15, 0.2) is 79.0 Å². The van der Waals surface area contributed by atoms with Gasteiger partial charge in [0.15, 0.2) is 0 Å². The van der Waals surface area contributed by atoms with Crippen molar-refractivity contribution < 1.29 is 4.74 Å². The fourth-order valence-corrected chi connectivity index (χ4v) is 3.39. The number of ether oxygens (including phenoxy) is 1. The lowest BCUT2D eigenvalue weighted by Crippen LogP contribution is -1.88. The van der Waals surface area contributed by atoms with Gasteiger partial charge in [0.25, 0.3) is 0 Å². The first-order chi connectivity index (χ1) is 14.7. The van der Waals surface area contributed by atoms with Gasteiger partial charge in [-0.2, -0.15) is 10.4 Å². The van der Waals surface area contributed by atoms with Gasteiger partial charge in [-0.3, -0.25) is 4.68 Å². The van der Waals surface area contributed by atoms with Gasteiger partial charge in [-0.05, 0) is 54.6 Å². The number of para-hydroxylation sites is 1. The second-order valence-electron chi connectivity index (χ2n) is 6.93. The first-order valence-electron chi connectivity index (χ1n) is 9.47. The fourth-order valence-electron chi connectivity index (χ4n) is 3.39. The molecule has 2 heterocycles. The lowest BCUT2D eigenvalue weighted by Gasteiger charge is -2.06. The largest absolute Gasteiger partial charge is 0.457 e. The normalized spacial score (nSPS) is 10.8. The molecule has 3 aromatic carbocycles. The molecule has 1 N–H and O–H groups in total. The van der Waals surface area contributed by atoms with Gasteiger partial charge in [-0.25, -0.2) is 4.98 Å². The summed E-state index contributed by atoms with van der Waals surface area (Å²) in [6.45, 7) is 0. The van der Waals surface area contributed by atoms with E-state index in [9.17, 15) is 0 Å². The summed E-state index contributed by atoms with van der Waals surface area (Å²) in [5.41, 5.74) is 4.91. The molecule has 0 aliphatic carbocycles. The molecule has 30 heavy (non-hydrogen) atoms. The van der Waals surface area contributed by atoms with Gasteiger partial charge >= 0.3 is 0 Å². The molecule has 0 saturated heterocycles. The summed E-state index contributed by atoms with van der Waals surface area (Å²) in [7, 11) is 1.89. The van der Waals surface area contributed by atoms with E-state index in [4.69, 9.17) is 10.00 Å². The number of hydrogen-bond acceptors (Lipinski definition) is 4. The Balaban J connectivity index is 1.50. The molecular weight excluding hydrogens is 374 g/mol. The highest BCUT2D eigenvalue weighted by atomic mass is 16.5. The monoisotopic (exact) mass is 391 g/mol. The minimum Gasteiger partial charge on any atom is -0.457 e. The number of hydrogen-bond donors (Lipinski definition) is 1. The highest BCUT2D eigenvalue weighted by Crippen LogP contribution is 2.32. The standard InChI is InChI=1S/C24H17N5O/c1-29-15-20(24-26-21-12-7-16(14-25)13-22(21)27-24)23(28-29)17-8-10-19(11-9-17)30-18-5-3-2-4-6-18/h2-13,15H,1H3,(H,26,27). The summed E-state index contributed by atoms with van der Waals surface area (Å²) >= 11 is 0. The molecule has 0 fully saturated rings. The van der Waals surface area contributed by atoms with Crippen LogP contribution in [-0.2, 0) is 7.05 Å². The van der Waals surface area contributed by atoms with Gasteiger partial charge < -0.3 is 9.72 Å². The van der Waals surface area contributed by atoms with Crippen molar-refractivity contribution in [3.05, 3.63) is 84.6 Å². The van der Waals surface area contributed by atoms with E-state index in [2.05, 4.69) is 21.1 Å². The Morgan fingerprint density at radius 2 is 1.73 bits per heavy atom. The third kappa shape index (κ3) is 3.29. The van der Waals surface area contributed by atoms with Crippen LogP contribution >= 0.6 is 0 Å². The van der Waals surface area contributed by atoms with Gasteiger partial charge in [0.1, 0.15) is 23.0 Å². The number of aromatic amines is 1. The van der Waals surface area contributed by atoms with Crippen LogP contribution in [0.25, 0.3) is 33.7 Å². The van der Waals surface area contributed by atoms with Crippen LogP contribution < -0.4 is 4.74 Å². The quantitative estimate of drug-likeness (QED) is 0.451. The second-order valence-corrected chi connectivity index (χ2v) is 6.93. The lowest BCUT2D eigenvalue weighted by molar-refractivity contribution is 0.483. The SMILES string of the molecule is Cn1cc(-c2nc3ccc(C#N)cc3[nH]2)c(-c2ccc(Oc3ccccc3)cc2)n1. The summed E-state index contributed by atoms with van der Waals surface area (Å²) < 4.78 is 7.65. The molecule has 0 radical (unpaired) electrons. The molecule has 6 heteroatoms. The minimum atomic E-state index is 0.595. The maximum atomic E-state index is 9.12. The molecule has 144 valence electrons. The molecule has 0 amide bonds. The summed E-state index contributed by atoms with van der Waals surface area (Å²) in [5.74, 6) is 2.27. The molecule has 0 saturated carbocycles. The van der Waals surface area contributed by atoms with E-state index in [1.807, 2.05) is 73.9 Å². The van der Waals surface area contributed by atoms with Crippen LogP contribution in [-0.4, -0.2) is 19.7 Å². The molecule has 0 aliphatic heterocycles. The van der Waals surface area contributed by atoms with Crippen LogP contribution in [0, 0.1) is 11.3 Å². The van der Waals surface area contributed by atoms with Gasteiger partial charge in [0.05, 0.1) is 28.2 Å². The maximum absolute atomic E-state index is 9.12. The van der Waals surface area contributed by atoms with Crippen molar-refractivity contribution in [3.63, 3.8) is 0 Å². The number of H-pyrrole nitrogens is 1. The highest BCUT2D eigenvalue weighted by Gasteiger charge is 2.16. The third-order valence-corrected chi connectivity index (χ3v) is 4.80. The third-order valence-electron chi connectivity index (χ3n) is 4.80. The number of benzene rings is 3. The number of nitrogens with one attached hydrogen (secondary N) is 1. The van der Waals surface area contributed by atoms with Crippen LogP contribution in [0.2, 0.25) is 0 Å². The number of aromatic nitrogens is 4. The molecule has 0 unspecified atom stereocenters. The Bertz CT molecular complexity index is 1380. The second kappa shape index (κ2) is 7.22. The highest BCUT2D eigenvalue weighted by molar-refractivity contribution is 5.84. The van der Waals surface area contributed by atoms with E-state index in [1.54, 1.807) is 16.8 Å². The maximum Gasteiger partial charge on any atom is 0.142 e. The zero-order valence-corrected chi connectivity index (χ0v) is 16.2. The van der Waals surface area contributed by atoms with E-state index in [0.717, 1.165) is 39.4 Å². The summed E-state index contributed by atoms with van der Waals surface area (Å²) in [6.07, 6.45) is 1.94. The number of aryl methyl sites for hydroxylation is 1. The van der Waals surface area contributed by atoms with E-state index in [0.29, 0.717) is 11.4 Å². The molecule has 0 aliphatic rings. The number of imidazole rings is 1. The first kappa shape index (κ1) is 17.7. The number of nitriles is 1. The van der Waals surface area contributed by atoms with Crippen molar-refractivity contribution in [3.8, 4) is 40.2 Å². The Morgan fingerprint density at radius 1 is 0.967 bits per heavy atom. The van der Waals surface area contributed by atoms with E-state index >= 15 is 0 Å². The Kier molecular flexibility index (Phi) is 4.26. The van der Waals surface area contributed by atoms with Gasteiger partial charge in [-0.15, -0.1) is 0 Å². The smallest absolute Gasteiger partial charge is 0.142 e. The molecule has 0 spiro atoms. The molecule has 0 bridgehead atoms. The number of fused-ring (bicyclic) bond motifs is 1. The van der Waals surface area contributed by atoms with Gasteiger partial charge in [0, 0.05) is 18.8 Å². The van der Waals surface area contributed by atoms with Crippen LogP contribution in [0.4, 0.5) is 0 Å². The molecule has 5 aromatic rings. The van der Waals surface area contributed by atoms with E-state index in [1.165, 1.54) is 0 Å². The molecule has 2 aromatic heterocycles. The van der Waals surface area contributed by atoms with Crippen LogP contribution in [0.5, 0.6) is 11.5 Å². The van der Waals surface area contributed by atoms with E-state index in [-0.39, 0.29) is 0 Å². The molecule has 6 nitrogen and oxygen atoms in total. The zero-order valence-electron chi connectivity index (χ0n) is 16.2. The minimum absolute atomic E-state index is 0.595. The van der Waals surface area contributed by atoms with Gasteiger partial charge in [-0.1, -0.05) is 18.2 Å². The van der Waals surface area contributed by atoms with Crippen molar-refractivity contribution in [2.45, 2.75) is 0 Å². The zero-order chi connectivity index (χ0) is 20.5. The van der Waals surface area contributed by atoms with Crippen molar-refractivity contribution in [1.82, 2.24) is 19.7 Å². The van der Waals surface area contributed by atoms with E-state index < -0.39 is 0 Å². The molecule has 5 rings (SSSR count). The van der Waals surface area contributed by atoms with Gasteiger partial charge in [0.2, 0.25) is 0 Å². The van der Waals surface area contributed by atoms with Crippen molar-refractivity contribution in [1.29, 1.82) is 5.26 Å². The Labute approximate surface area is 173 Å². The summed E-state index contributed by atoms with van der Waals surface area (Å²) in [5, 5.41) is 13.8. The molecule has 0 atom stereocenters. The van der Waals surface area contributed by atoms with Crippen LogP contribution in [0.1, 0.15) is 5.56 Å². The first-order valence-corrected chi connectivity index (χ1v) is 9.47. The Hall–Kier alpha value is -4.37. The predicted octanol–water partition coefficient (Wildman–Crippen LogP) is 5.29. The van der Waals surface area contributed by atoms with Crippen molar-refractivity contribution >= 4 is 11.0 Å². The average molecular weight is 391 g/mol. The number of rotatable bonds is 4.